The van der Waals surface area contributed by atoms with E-state index in [2.05, 4.69) is 27.9 Å². The SMILES string of the molecule is CN1CCCCC1CCOc1cc(C(=O)O)ccc1Br. The van der Waals surface area contributed by atoms with E-state index < -0.39 is 5.97 Å². The molecule has 1 aliphatic rings. The van der Waals surface area contributed by atoms with Crippen LogP contribution in [-0.4, -0.2) is 42.2 Å². The van der Waals surface area contributed by atoms with Gasteiger partial charge in [-0.2, -0.15) is 0 Å². The molecule has 1 atom stereocenters. The van der Waals surface area contributed by atoms with Gasteiger partial charge in [0, 0.05) is 6.04 Å². The van der Waals surface area contributed by atoms with E-state index in [1.807, 2.05) is 0 Å². The number of aromatic carboxylic acids is 1. The topological polar surface area (TPSA) is 49.8 Å². The molecule has 2 rings (SSSR count). The van der Waals surface area contributed by atoms with Gasteiger partial charge < -0.3 is 14.7 Å². The van der Waals surface area contributed by atoms with E-state index in [0.717, 1.165) is 17.4 Å². The maximum Gasteiger partial charge on any atom is 0.335 e. The molecule has 110 valence electrons. The summed E-state index contributed by atoms with van der Waals surface area (Å²) in [6, 6.07) is 5.42. The molecule has 1 N–H and O–H groups in total. The molecule has 1 heterocycles. The Morgan fingerprint density at radius 3 is 3.00 bits per heavy atom. The first kappa shape index (κ1) is 15.3. The van der Waals surface area contributed by atoms with Gasteiger partial charge in [-0.25, -0.2) is 4.79 Å². The highest BCUT2D eigenvalue weighted by atomic mass is 79.9. The quantitative estimate of drug-likeness (QED) is 0.891. The van der Waals surface area contributed by atoms with Gasteiger partial charge in [0.25, 0.3) is 0 Å². The average Bonchev–Trinajstić information content (AvgIpc) is 2.42. The Kier molecular flexibility index (Phi) is 5.43. The molecule has 0 radical (unpaired) electrons. The van der Waals surface area contributed by atoms with E-state index >= 15 is 0 Å². The minimum absolute atomic E-state index is 0.248. The molecule has 1 aromatic rings. The predicted molar refractivity (Wildman–Crippen MR) is 81.5 cm³/mol. The summed E-state index contributed by atoms with van der Waals surface area (Å²) >= 11 is 3.39. The largest absolute Gasteiger partial charge is 0.492 e. The third-order valence-electron chi connectivity index (χ3n) is 3.81. The van der Waals surface area contributed by atoms with Crippen molar-refractivity contribution >= 4 is 21.9 Å². The zero-order valence-corrected chi connectivity index (χ0v) is 13.2. The fourth-order valence-electron chi connectivity index (χ4n) is 2.56. The molecule has 1 saturated heterocycles. The van der Waals surface area contributed by atoms with Crippen LogP contribution in [0.4, 0.5) is 0 Å². The first-order chi connectivity index (χ1) is 9.58. The fourth-order valence-corrected chi connectivity index (χ4v) is 2.92. The van der Waals surface area contributed by atoms with Crippen molar-refractivity contribution in [2.75, 3.05) is 20.2 Å². The normalized spacial score (nSPS) is 19.8. The van der Waals surface area contributed by atoms with Gasteiger partial charge >= 0.3 is 5.97 Å². The molecule has 5 heteroatoms. The lowest BCUT2D eigenvalue weighted by atomic mass is 10.0. The monoisotopic (exact) mass is 341 g/mol. The van der Waals surface area contributed by atoms with E-state index in [9.17, 15) is 4.79 Å². The van der Waals surface area contributed by atoms with Crippen molar-refractivity contribution in [1.82, 2.24) is 4.90 Å². The first-order valence-corrected chi connectivity index (χ1v) is 7.73. The Balaban J connectivity index is 1.90. The third kappa shape index (κ3) is 3.96. The zero-order chi connectivity index (χ0) is 14.5. The number of benzene rings is 1. The van der Waals surface area contributed by atoms with Gasteiger partial charge in [-0.15, -0.1) is 0 Å². The Labute approximate surface area is 127 Å². The molecule has 1 aliphatic heterocycles. The number of halogens is 1. The van der Waals surface area contributed by atoms with Gasteiger partial charge in [0.15, 0.2) is 0 Å². The summed E-state index contributed by atoms with van der Waals surface area (Å²) in [4.78, 5) is 13.3. The molecule has 0 amide bonds. The highest BCUT2D eigenvalue weighted by molar-refractivity contribution is 9.10. The number of hydrogen-bond acceptors (Lipinski definition) is 3. The lowest BCUT2D eigenvalue weighted by Gasteiger charge is -2.32. The van der Waals surface area contributed by atoms with Crippen LogP contribution in [0, 0.1) is 0 Å². The molecule has 4 nitrogen and oxygen atoms in total. The van der Waals surface area contributed by atoms with Crippen LogP contribution in [0.5, 0.6) is 5.75 Å². The molecule has 0 aliphatic carbocycles. The maximum absolute atomic E-state index is 11.0. The maximum atomic E-state index is 11.0. The second-order valence-corrected chi connectivity index (χ2v) is 6.07. The highest BCUT2D eigenvalue weighted by Gasteiger charge is 2.18. The number of carboxylic acids is 1. The zero-order valence-electron chi connectivity index (χ0n) is 11.6. The Morgan fingerprint density at radius 1 is 1.50 bits per heavy atom. The standard InChI is InChI=1S/C15H20BrNO3/c1-17-8-3-2-4-12(17)7-9-20-14-10-11(15(18)19)5-6-13(14)16/h5-6,10,12H,2-4,7-9H2,1H3,(H,18,19). The van der Waals surface area contributed by atoms with Gasteiger partial charge in [-0.3, -0.25) is 0 Å². The summed E-state index contributed by atoms with van der Waals surface area (Å²) in [6.45, 7) is 1.76. The van der Waals surface area contributed by atoms with E-state index in [-0.39, 0.29) is 5.56 Å². The molecule has 1 unspecified atom stereocenters. The van der Waals surface area contributed by atoms with Crippen molar-refractivity contribution in [3.8, 4) is 5.75 Å². The summed E-state index contributed by atoms with van der Waals surface area (Å²) in [7, 11) is 2.16. The Morgan fingerprint density at radius 2 is 2.30 bits per heavy atom. The van der Waals surface area contributed by atoms with Crippen molar-refractivity contribution < 1.29 is 14.6 Å². The van der Waals surface area contributed by atoms with Crippen LogP contribution < -0.4 is 4.74 Å². The van der Waals surface area contributed by atoms with Gasteiger partial charge in [-0.05, 0) is 67.0 Å². The van der Waals surface area contributed by atoms with Crippen LogP contribution in [0.1, 0.15) is 36.0 Å². The van der Waals surface area contributed by atoms with Gasteiger partial charge in [0.05, 0.1) is 16.6 Å². The van der Waals surface area contributed by atoms with Crippen LogP contribution in [0.15, 0.2) is 22.7 Å². The summed E-state index contributed by atoms with van der Waals surface area (Å²) in [5, 5.41) is 8.99. The van der Waals surface area contributed by atoms with Crippen molar-refractivity contribution in [3.05, 3.63) is 28.2 Å². The number of rotatable bonds is 5. The Hall–Kier alpha value is -1.07. The number of nitrogens with zero attached hydrogens (tertiary/aromatic N) is 1. The van der Waals surface area contributed by atoms with Gasteiger partial charge in [0.1, 0.15) is 5.75 Å². The van der Waals surface area contributed by atoms with Crippen LogP contribution in [0.2, 0.25) is 0 Å². The van der Waals surface area contributed by atoms with E-state index in [4.69, 9.17) is 9.84 Å². The summed E-state index contributed by atoms with van der Waals surface area (Å²) in [5.74, 6) is -0.335. The summed E-state index contributed by atoms with van der Waals surface area (Å²) in [5.41, 5.74) is 0.248. The molecule has 0 spiro atoms. The smallest absolute Gasteiger partial charge is 0.335 e. The van der Waals surface area contributed by atoms with Crippen molar-refractivity contribution in [3.63, 3.8) is 0 Å². The predicted octanol–water partition coefficient (Wildman–Crippen LogP) is 3.40. The molecule has 0 bridgehead atoms. The van der Waals surface area contributed by atoms with Crippen LogP contribution in [0.3, 0.4) is 0 Å². The second kappa shape index (κ2) is 7.09. The lowest BCUT2D eigenvalue weighted by Crippen LogP contribution is -2.37. The number of ether oxygens (including phenoxy) is 1. The molecule has 0 aromatic heterocycles. The minimum atomic E-state index is -0.936. The first-order valence-electron chi connectivity index (χ1n) is 6.94. The van der Waals surface area contributed by atoms with E-state index in [1.165, 1.54) is 19.3 Å². The van der Waals surface area contributed by atoms with Crippen LogP contribution in [-0.2, 0) is 0 Å². The summed E-state index contributed by atoms with van der Waals surface area (Å²) < 4.78 is 6.53. The highest BCUT2D eigenvalue weighted by Crippen LogP contribution is 2.27. The Bertz CT molecular complexity index is 478. The fraction of sp³-hybridized carbons (Fsp3) is 0.533. The molecule has 1 aromatic carbocycles. The second-order valence-electron chi connectivity index (χ2n) is 5.22. The molecular weight excluding hydrogens is 322 g/mol. The average molecular weight is 342 g/mol. The minimum Gasteiger partial charge on any atom is -0.492 e. The van der Waals surface area contributed by atoms with Gasteiger partial charge in [-0.1, -0.05) is 6.42 Å². The van der Waals surface area contributed by atoms with E-state index in [1.54, 1.807) is 18.2 Å². The molecule has 0 saturated carbocycles. The van der Waals surface area contributed by atoms with Crippen molar-refractivity contribution in [2.24, 2.45) is 0 Å². The summed E-state index contributed by atoms with van der Waals surface area (Å²) in [6.07, 6.45) is 4.75. The number of hydrogen-bond donors (Lipinski definition) is 1. The van der Waals surface area contributed by atoms with Crippen molar-refractivity contribution in [2.45, 2.75) is 31.7 Å². The van der Waals surface area contributed by atoms with Crippen molar-refractivity contribution in [1.29, 1.82) is 0 Å². The lowest BCUT2D eigenvalue weighted by molar-refractivity contribution is 0.0696. The molecular formula is C15H20BrNO3. The van der Waals surface area contributed by atoms with E-state index in [0.29, 0.717) is 18.4 Å². The molecule has 1 fully saturated rings. The van der Waals surface area contributed by atoms with Gasteiger partial charge in [0.2, 0.25) is 0 Å². The van der Waals surface area contributed by atoms with Crippen LogP contribution in [0.25, 0.3) is 0 Å². The molecule has 20 heavy (non-hydrogen) atoms. The number of carboxylic acid groups (broad SMARTS) is 1. The number of carbonyl (C=O) groups is 1. The number of likely N-dealkylation sites (tertiary alicyclic amines) is 1. The van der Waals surface area contributed by atoms with Crippen LogP contribution >= 0.6 is 15.9 Å². The third-order valence-corrected chi connectivity index (χ3v) is 4.46. The number of piperidine rings is 1.